The van der Waals surface area contributed by atoms with Crippen molar-refractivity contribution in [2.45, 2.75) is 5.25 Å². The van der Waals surface area contributed by atoms with Crippen LogP contribution in [0.15, 0.2) is 68.3 Å². The minimum absolute atomic E-state index is 0.233. The first-order valence-corrected chi connectivity index (χ1v) is 7.01. The van der Waals surface area contributed by atoms with Crippen molar-refractivity contribution < 1.29 is 0 Å². The molecule has 0 N–H and O–H groups in total. The predicted molar refractivity (Wildman–Crippen MR) is 76.9 cm³/mol. The van der Waals surface area contributed by atoms with Crippen LogP contribution >= 0.6 is 0 Å². The first-order chi connectivity index (χ1) is 7.83. The third-order valence-corrected chi connectivity index (χ3v) is 4.88. The van der Waals surface area contributed by atoms with Crippen molar-refractivity contribution in [3.8, 4) is 0 Å². The van der Waals surface area contributed by atoms with Crippen LogP contribution in [0.25, 0.3) is 0 Å². The zero-order valence-electron chi connectivity index (χ0n) is 9.64. The molecular formula is C15H19S+. The van der Waals surface area contributed by atoms with E-state index in [9.17, 15) is 0 Å². The minimum atomic E-state index is 0.233. The average Bonchev–Trinajstić information content (AvgIpc) is 2.32. The van der Waals surface area contributed by atoms with E-state index >= 15 is 0 Å². The summed E-state index contributed by atoms with van der Waals surface area (Å²) >= 11 is 0. The van der Waals surface area contributed by atoms with E-state index < -0.39 is 0 Å². The van der Waals surface area contributed by atoms with E-state index in [1.807, 2.05) is 24.3 Å². The molecule has 1 heteroatoms. The zero-order chi connectivity index (χ0) is 11.8. The summed E-state index contributed by atoms with van der Waals surface area (Å²) < 4.78 is 0. The lowest BCUT2D eigenvalue weighted by Gasteiger charge is -2.14. The molecule has 0 spiro atoms. The van der Waals surface area contributed by atoms with Gasteiger partial charge in [-0.3, -0.25) is 0 Å². The molecule has 0 aromatic heterocycles. The van der Waals surface area contributed by atoms with Crippen molar-refractivity contribution in [2.75, 3.05) is 11.5 Å². The molecule has 84 valence electrons. The molecule has 1 unspecified atom stereocenters. The lowest BCUT2D eigenvalue weighted by Crippen LogP contribution is -2.17. The van der Waals surface area contributed by atoms with Crippen molar-refractivity contribution in [3.63, 3.8) is 0 Å². The molecule has 0 aliphatic carbocycles. The second kappa shape index (κ2) is 7.13. The molecule has 0 fully saturated rings. The normalized spacial score (nSPS) is 12.1. The summed E-state index contributed by atoms with van der Waals surface area (Å²) in [6, 6.07) is 10.5. The van der Waals surface area contributed by atoms with Crippen LogP contribution < -0.4 is 0 Å². The Hall–Kier alpha value is -1.21. The maximum atomic E-state index is 3.96. The molecule has 0 nitrogen and oxygen atoms in total. The smallest absolute Gasteiger partial charge is 0.0985 e. The fourth-order valence-corrected chi connectivity index (χ4v) is 3.66. The Morgan fingerprint density at radius 2 is 1.56 bits per heavy atom. The van der Waals surface area contributed by atoms with E-state index in [1.54, 1.807) is 0 Å². The molecular weight excluding hydrogens is 212 g/mol. The van der Waals surface area contributed by atoms with E-state index in [0.29, 0.717) is 5.25 Å². The molecule has 0 amide bonds. The summed E-state index contributed by atoms with van der Waals surface area (Å²) in [5.41, 5.74) is 1.34. The predicted octanol–water partition coefficient (Wildman–Crippen LogP) is 3.90. The van der Waals surface area contributed by atoms with Gasteiger partial charge in [-0.05, 0) is 18.2 Å². The number of benzene rings is 1. The fraction of sp³-hybridized carbons (Fsp3) is 0.200. The summed E-state index contributed by atoms with van der Waals surface area (Å²) in [5.74, 6) is 2.05. The first kappa shape index (κ1) is 12.9. The molecule has 0 aliphatic rings. The van der Waals surface area contributed by atoms with Gasteiger partial charge in [-0.15, -0.1) is 0 Å². The molecule has 0 saturated heterocycles. The van der Waals surface area contributed by atoms with Gasteiger partial charge < -0.3 is 0 Å². The SMILES string of the molecule is C=CC[S+](CC=C)C(C=C)c1ccccc1. The molecule has 0 saturated carbocycles. The van der Waals surface area contributed by atoms with E-state index in [1.165, 1.54) is 5.56 Å². The van der Waals surface area contributed by atoms with Crippen LogP contribution in [-0.2, 0) is 10.9 Å². The van der Waals surface area contributed by atoms with E-state index in [-0.39, 0.29) is 10.9 Å². The van der Waals surface area contributed by atoms with Gasteiger partial charge in [0.2, 0.25) is 0 Å². The van der Waals surface area contributed by atoms with Crippen LogP contribution in [0.3, 0.4) is 0 Å². The lowest BCUT2D eigenvalue weighted by molar-refractivity contribution is 1.21. The largest absolute Gasteiger partial charge is 0.161 e. The number of rotatable bonds is 7. The second-order valence-corrected chi connectivity index (χ2v) is 5.76. The maximum absolute atomic E-state index is 3.96. The van der Waals surface area contributed by atoms with Gasteiger partial charge in [-0.2, -0.15) is 0 Å². The van der Waals surface area contributed by atoms with Gasteiger partial charge in [0.1, 0.15) is 11.5 Å². The highest BCUT2D eigenvalue weighted by Crippen LogP contribution is 2.26. The Balaban J connectivity index is 2.89. The van der Waals surface area contributed by atoms with Crippen LogP contribution in [0.4, 0.5) is 0 Å². The summed E-state index contributed by atoms with van der Waals surface area (Å²) in [6.45, 7) is 11.6. The highest BCUT2D eigenvalue weighted by molar-refractivity contribution is 7.97. The minimum Gasteiger partial charge on any atom is -0.0985 e. The van der Waals surface area contributed by atoms with Gasteiger partial charge in [-0.25, -0.2) is 0 Å². The molecule has 1 rings (SSSR count). The Labute approximate surface area is 102 Å². The molecule has 0 aliphatic heterocycles. The average molecular weight is 231 g/mol. The van der Waals surface area contributed by atoms with E-state index in [4.69, 9.17) is 0 Å². The Kier molecular flexibility index (Phi) is 5.73. The standard InChI is InChI=1S/C15H19S/c1-4-12-16(13-5-2)15(6-3)14-10-8-7-9-11-14/h4-11,15H,1-3,12-13H2/q+1. The Morgan fingerprint density at radius 3 is 2.00 bits per heavy atom. The van der Waals surface area contributed by atoms with Crippen LogP contribution in [0, 0.1) is 0 Å². The van der Waals surface area contributed by atoms with Crippen molar-refractivity contribution in [1.82, 2.24) is 0 Å². The fourth-order valence-electron chi connectivity index (χ4n) is 1.69. The van der Waals surface area contributed by atoms with Crippen LogP contribution in [0.1, 0.15) is 10.8 Å². The molecule has 0 bridgehead atoms. The monoisotopic (exact) mass is 231 g/mol. The van der Waals surface area contributed by atoms with Crippen molar-refractivity contribution in [3.05, 3.63) is 73.9 Å². The van der Waals surface area contributed by atoms with Gasteiger partial charge in [0, 0.05) is 16.5 Å². The van der Waals surface area contributed by atoms with E-state index in [2.05, 4.69) is 44.0 Å². The van der Waals surface area contributed by atoms with Crippen LogP contribution in [-0.4, -0.2) is 11.5 Å². The molecule has 1 atom stereocenters. The van der Waals surface area contributed by atoms with Crippen LogP contribution in [0.5, 0.6) is 0 Å². The van der Waals surface area contributed by atoms with Crippen molar-refractivity contribution >= 4 is 10.9 Å². The topological polar surface area (TPSA) is 0 Å². The Bertz CT molecular complexity index is 330. The third kappa shape index (κ3) is 3.42. The number of hydrogen-bond acceptors (Lipinski definition) is 0. The molecule has 1 aromatic carbocycles. The first-order valence-electron chi connectivity index (χ1n) is 5.39. The maximum Gasteiger partial charge on any atom is 0.161 e. The van der Waals surface area contributed by atoms with Gasteiger partial charge in [0.05, 0.1) is 0 Å². The summed E-state index contributed by atoms with van der Waals surface area (Å²) in [7, 11) is 0.233. The molecule has 1 aromatic rings. The molecule has 0 radical (unpaired) electrons. The van der Waals surface area contributed by atoms with Gasteiger partial charge >= 0.3 is 0 Å². The van der Waals surface area contributed by atoms with Gasteiger partial charge in [0.25, 0.3) is 0 Å². The zero-order valence-corrected chi connectivity index (χ0v) is 10.5. The van der Waals surface area contributed by atoms with Gasteiger partial charge in [0.15, 0.2) is 5.25 Å². The highest BCUT2D eigenvalue weighted by atomic mass is 32.2. The second-order valence-electron chi connectivity index (χ2n) is 3.52. The van der Waals surface area contributed by atoms with Crippen molar-refractivity contribution in [2.24, 2.45) is 0 Å². The third-order valence-electron chi connectivity index (χ3n) is 2.37. The molecule has 0 heterocycles. The quantitative estimate of drug-likeness (QED) is 0.493. The van der Waals surface area contributed by atoms with Crippen molar-refractivity contribution in [1.29, 1.82) is 0 Å². The summed E-state index contributed by atoms with van der Waals surface area (Å²) in [4.78, 5) is 0. The lowest BCUT2D eigenvalue weighted by atomic mass is 10.1. The molecule has 16 heavy (non-hydrogen) atoms. The highest BCUT2D eigenvalue weighted by Gasteiger charge is 2.26. The summed E-state index contributed by atoms with van der Waals surface area (Å²) in [5, 5.41) is 0.414. The Morgan fingerprint density at radius 1 is 1.00 bits per heavy atom. The van der Waals surface area contributed by atoms with Crippen LogP contribution in [0.2, 0.25) is 0 Å². The van der Waals surface area contributed by atoms with Gasteiger partial charge in [-0.1, -0.05) is 50.1 Å². The number of hydrogen-bond donors (Lipinski definition) is 0. The summed E-state index contributed by atoms with van der Waals surface area (Å²) in [6.07, 6.45) is 6.03. The van der Waals surface area contributed by atoms with E-state index in [0.717, 1.165) is 11.5 Å².